The Morgan fingerprint density at radius 1 is 1.17 bits per heavy atom. The molecule has 3 atom stereocenters. The Kier molecular flexibility index (Phi) is 4.46. The zero-order valence-electron chi connectivity index (χ0n) is 13.4. The minimum atomic E-state index is -3.60. The Morgan fingerprint density at radius 3 is 2.46 bits per heavy atom. The van der Waals surface area contributed by atoms with Gasteiger partial charge in [-0.15, -0.1) is 0 Å². The summed E-state index contributed by atoms with van der Waals surface area (Å²) in [6.45, 7) is 0.361. The number of rotatable bonds is 6. The van der Waals surface area contributed by atoms with E-state index >= 15 is 0 Å². The van der Waals surface area contributed by atoms with Crippen LogP contribution in [-0.2, 0) is 14.6 Å². The normalized spacial score (nSPS) is 26.3. The molecule has 0 bridgehead atoms. The number of halogens is 1. The van der Waals surface area contributed by atoms with Gasteiger partial charge in [0.1, 0.15) is 5.82 Å². The maximum atomic E-state index is 13.6. The smallest absolute Gasteiger partial charge is 0.182 e. The third kappa shape index (κ3) is 2.64. The average molecular weight is 349 g/mol. The molecule has 2 aromatic carbocycles. The molecule has 2 N–H and O–H groups in total. The van der Waals surface area contributed by atoms with Crippen molar-refractivity contribution in [2.24, 2.45) is 11.1 Å². The van der Waals surface area contributed by atoms with Crippen LogP contribution in [0.15, 0.2) is 59.5 Å². The van der Waals surface area contributed by atoms with Crippen LogP contribution >= 0.6 is 0 Å². The maximum absolute atomic E-state index is 13.6. The lowest BCUT2D eigenvalue weighted by atomic mass is 10.00. The number of ether oxygens (including phenoxy) is 1. The molecule has 3 rings (SSSR count). The Labute approximate surface area is 141 Å². The lowest BCUT2D eigenvalue weighted by molar-refractivity contribution is 0.142. The van der Waals surface area contributed by atoms with Crippen molar-refractivity contribution in [1.82, 2.24) is 0 Å². The molecule has 1 aliphatic rings. The van der Waals surface area contributed by atoms with Gasteiger partial charge in [-0.25, -0.2) is 12.8 Å². The minimum absolute atomic E-state index is 0.152. The lowest BCUT2D eigenvalue weighted by Gasteiger charge is -2.14. The predicted molar refractivity (Wildman–Crippen MR) is 89.9 cm³/mol. The molecule has 0 heterocycles. The van der Waals surface area contributed by atoms with Crippen LogP contribution in [0.3, 0.4) is 0 Å². The first kappa shape index (κ1) is 17.1. The van der Waals surface area contributed by atoms with Gasteiger partial charge in [-0.3, -0.25) is 0 Å². The fraction of sp³-hybridized carbons (Fsp3) is 0.333. The number of hydrogen-bond donors (Lipinski definition) is 1. The minimum Gasteiger partial charge on any atom is -0.384 e. The van der Waals surface area contributed by atoms with E-state index in [0.29, 0.717) is 5.56 Å². The van der Waals surface area contributed by atoms with Gasteiger partial charge in [-0.1, -0.05) is 30.3 Å². The fourth-order valence-corrected chi connectivity index (χ4v) is 6.11. The third-order valence-electron chi connectivity index (χ3n) is 4.79. The molecule has 1 saturated carbocycles. The van der Waals surface area contributed by atoms with E-state index in [1.54, 1.807) is 42.5 Å². The summed E-state index contributed by atoms with van der Waals surface area (Å²) in [5.41, 5.74) is 5.85. The van der Waals surface area contributed by atoms with Gasteiger partial charge in [0.2, 0.25) is 0 Å². The van der Waals surface area contributed by atoms with Crippen LogP contribution in [0.5, 0.6) is 0 Å². The Bertz CT molecular complexity index is 825. The first-order valence-corrected chi connectivity index (χ1v) is 9.25. The molecule has 0 saturated heterocycles. The Hall–Kier alpha value is -1.76. The highest BCUT2D eigenvalue weighted by Crippen LogP contribution is 2.63. The Balaban J connectivity index is 2.07. The van der Waals surface area contributed by atoms with E-state index in [-0.39, 0.29) is 24.0 Å². The SMILES string of the molecule is COC[C@]1(CN)[C@H](c2cccc(F)c2)[C@@H]1S(=O)(=O)c1ccccc1. The van der Waals surface area contributed by atoms with E-state index in [2.05, 4.69) is 0 Å². The highest BCUT2D eigenvalue weighted by Gasteiger charge is 2.70. The molecular weight excluding hydrogens is 329 g/mol. The average Bonchev–Trinajstić information content (AvgIpc) is 3.26. The quantitative estimate of drug-likeness (QED) is 0.869. The monoisotopic (exact) mass is 349 g/mol. The maximum Gasteiger partial charge on any atom is 0.182 e. The molecular formula is C18H20FNO3S. The molecule has 6 heteroatoms. The molecule has 1 aliphatic carbocycles. The van der Waals surface area contributed by atoms with E-state index in [0.717, 1.165) is 0 Å². The summed E-state index contributed by atoms with van der Waals surface area (Å²) in [7, 11) is -2.08. The molecule has 0 unspecified atom stereocenters. The second-order valence-corrected chi connectivity index (χ2v) is 8.25. The highest BCUT2D eigenvalue weighted by atomic mass is 32.2. The van der Waals surface area contributed by atoms with Crippen molar-refractivity contribution in [3.05, 3.63) is 66.0 Å². The first-order valence-electron chi connectivity index (χ1n) is 7.71. The molecule has 0 radical (unpaired) electrons. The van der Waals surface area contributed by atoms with Crippen molar-refractivity contribution in [3.63, 3.8) is 0 Å². The molecule has 0 spiro atoms. The van der Waals surface area contributed by atoms with E-state index in [1.807, 2.05) is 0 Å². The summed E-state index contributed by atoms with van der Waals surface area (Å²) in [6.07, 6.45) is 0. The van der Waals surface area contributed by atoms with Gasteiger partial charge >= 0.3 is 0 Å². The van der Waals surface area contributed by atoms with Gasteiger partial charge in [0.05, 0.1) is 16.8 Å². The van der Waals surface area contributed by atoms with Gasteiger partial charge in [0.25, 0.3) is 0 Å². The molecule has 128 valence electrons. The van der Waals surface area contributed by atoms with Gasteiger partial charge in [-0.2, -0.15) is 0 Å². The zero-order valence-corrected chi connectivity index (χ0v) is 14.2. The van der Waals surface area contributed by atoms with Crippen LogP contribution in [0.4, 0.5) is 4.39 Å². The van der Waals surface area contributed by atoms with Gasteiger partial charge < -0.3 is 10.5 Å². The van der Waals surface area contributed by atoms with Crippen molar-refractivity contribution in [2.75, 3.05) is 20.3 Å². The standard InChI is InChI=1S/C18H20FNO3S/c1-23-12-18(11-20)16(13-6-5-7-14(19)10-13)17(18)24(21,22)15-8-3-2-4-9-15/h2-10,16-17H,11-12,20H2,1H3/t16-,17+,18-/m1/s1. The van der Waals surface area contributed by atoms with Crippen LogP contribution in [-0.4, -0.2) is 33.9 Å². The molecule has 1 fully saturated rings. The number of nitrogens with two attached hydrogens (primary N) is 1. The molecule has 0 aromatic heterocycles. The van der Waals surface area contributed by atoms with E-state index in [1.165, 1.54) is 19.2 Å². The fourth-order valence-electron chi connectivity index (χ4n) is 3.65. The zero-order chi connectivity index (χ0) is 17.4. The third-order valence-corrected chi connectivity index (χ3v) is 7.13. The predicted octanol–water partition coefficient (Wildman–Crippen LogP) is 2.36. The van der Waals surface area contributed by atoms with Gasteiger partial charge in [-0.05, 0) is 29.8 Å². The highest BCUT2D eigenvalue weighted by molar-refractivity contribution is 7.92. The van der Waals surface area contributed by atoms with Crippen LogP contribution in [0.1, 0.15) is 11.5 Å². The van der Waals surface area contributed by atoms with Crippen LogP contribution < -0.4 is 5.73 Å². The van der Waals surface area contributed by atoms with Crippen molar-refractivity contribution in [1.29, 1.82) is 0 Å². The van der Waals surface area contributed by atoms with Gasteiger partial charge in [0, 0.05) is 25.0 Å². The van der Waals surface area contributed by atoms with Crippen molar-refractivity contribution in [3.8, 4) is 0 Å². The van der Waals surface area contributed by atoms with E-state index in [9.17, 15) is 12.8 Å². The molecule has 2 aromatic rings. The van der Waals surface area contributed by atoms with Crippen LogP contribution in [0.2, 0.25) is 0 Å². The second kappa shape index (κ2) is 6.27. The summed E-state index contributed by atoms with van der Waals surface area (Å²) in [5, 5.41) is -0.723. The van der Waals surface area contributed by atoms with Crippen molar-refractivity contribution < 1.29 is 17.5 Å². The van der Waals surface area contributed by atoms with Crippen LogP contribution in [0, 0.1) is 11.2 Å². The largest absolute Gasteiger partial charge is 0.384 e. The summed E-state index contributed by atoms with van der Waals surface area (Å²) in [5.74, 6) is -0.776. The molecule has 0 aliphatic heterocycles. The number of hydrogen-bond acceptors (Lipinski definition) is 4. The number of sulfone groups is 1. The number of methoxy groups -OCH3 is 1. The lowest BCUT2D eigenvalue weighted by Crippen LogP contribution is -2.28. The molecule has 24 heavy (non-hydrogen) atoms. The molecule has 4 nitrogen and oxygen atoms in total. The van der Waals surface area contributed by atoms with Crippen molar-refractivity contribution in [2.45, 2.75) is 16.1 Å². The topological polar surface area (TPSA) is 69.4 Å². The summed E-state index contributed by atoms with van der Waals surface area (Å²) in [4.78, 5) is 0.253. The number of benzene rings is 2. The van der Waals surface area contributed by atoms with E-state index in [4.69, 9.17) is 10.5 Å². The summed E-state index contributed by atoms with van der Waals surface area (Å²) < 4.78 is 45.1. The van der Waals surface area contributed by atoms with Gasteiger partial charge in [0.15, 0.2) is 9.84 Å². The summed E-state index contributed by atoms with van der Waals surface area (Å²) in [6, 6.07) is 14.3. The van der Waals surface area contributed by atoms with Crippen LogP contribution in [0.25, 0.3) is 0 Å². The second-order valence-electron chi connectivity index (χ2n) is 6.18. The van der Waals surface area contributed by atoms with E-state index < -0.39 is 26.3 Å². The summed E-state index contributed by atoms with van der Waals surface area (Å²) >= 11 is 0. The Morgan fingerprint density at radius 2 is 1.88 bits per heavy atom. The molecule has 0 amide bonds. The van der Waals surface area contributed by atoms with Crippen molar-refractivity contribution >= 4 is 9.84 Å². The first-order chi connectivity index (χ1) is 11.5.